The summed E-state index contributed by atoms with van der Waals surface area (Å²) >= 11 is 0. The molecule has 1 N–H and O–H groups in total. The second-order valence-corrected chi connectivity index (χ2v) is 5.13. The smallest absolute Gasteiger partial charge is 0.130 e. The van der Waals surface area contributed by atoms with E-state index in [1.165, 1.54) is 5.56 Å². The molecule has 0 aliphatic heterocycles. The lowest BCUT2D eigenvalue weighted by Crippen LogP contribution is -2.23. The summed E-state index contributed by atoms with van der Waals surface area (Å²) in [6, 6.07) is 0.471. The Morgan fingerprint density at radius 1 is 1.28 bits per heavy atom. The summed E-state index contributed by atoms with van der Waals surface area (Å²) in [4.78, 5) is 9.06. The van der Waals surface area contributed by atoms with Crippen molar-refractivity contribution in [2.75, 3.05) is 13.7 Å². The van der Waals surface area contributed by atoms with Crippen LogP contribution in [0.4, 0.5) is 0 Å². The van der Waals surface area contributed by atoms with Crippen molar-refractivity contribution in [3.8, 4) is 0 Å². The Labute approximate surface area is 110 Å². The van der Waals surface area contributed by atoms with E-state index in [1.807, 2.05) is 6.20 Å². The fourth-order valence-electron chi connectivity index (χ4n) is 1.72. The molecule has 102 valence electrons. The Hall–Kier alpha value is -1.00. The minimum Gasteiger partial charge on any atom is -0.384 e. The van der Waals surface area contributed by atoms with Gasteiger partial charge in [0.25, 0.3) is 0 Å². The molecule has 0 saturated heterocycles. The number of methoxy groups -OCH3 is 1. The maximum atomic E-state index is 5.06. The highest BCUT2D eigenvalue weighted by Gasteiger charge is 2.11. The van der Waals surface area contributed by atoms with Crippen LogP contribution in [0.5, 0.6) is 0 Å². The predicted octanol–water partition coefficient (Wildman–Crippen LogP) is 2.29. The summed E-state index contributed by atoms with van der Waals surface area (Å²) in [6.07, 6.45) is 2.72. The molecule has 0 aromatic carbocycles. The van der Waals surface area contributed by atoms with Crippen molar-refractivity contribution in [1.29, 1.82) is 0 Å². The molecule has 4 nitrogen and oxygen atoms in total. The molecule has 0 unspecified atom stereocenters. The van der Waals surface area contributed by atoms with Gasteiger partial charge in [0.2, 0.25) is 0 Å². The Balaban J connectivity index is 2.83. The van der Waals surface area contributed by atoms with Crippen LogP contribution in [0.3, 0.4) is 0 Å². The number of hydrogen-bond donors (Lipinski definition) is 1. The fraction of sp³-hybridized carbons (Fsp3) is 0.714. The second kappa shape index (κ2) is 7.44. The van der Waals surface area contributed by atoms with Crippen molar-refractivity contribution < 1.29 is 4.74 Å². The van der Waals surface area contributed by atoms with Gasteiger partial charge in [-0.25, -0.2) is 9.97 Å². The molecule has 1 rings (SSSR count). The van der Waals surface area contributed by atoms with Crippen molar-refractivity contribution in [3.05, 3.63) is 23.3 Å². The molecule has 1 heterocycles. The average Bonchev–Trinajstić information content (AvgIpc) is 2.34. The predicted molar refractivity (Wildman–Crippen MR) is 73.7 cm³/mol. The molecule has 1 aromatic heterocycles. The number of ether oxygens (including phenoxy) is 1. The van der Waals surface area contributed by atoms with E-state index in [0.717, 1.165) is 24.5 Å². The quantitative estimate of drug-likeness (QED) is 0.807. The first-order valence-corrected chi connectivity index (χ1v) is 6.61. The summed E-state index contributed by atoms with van der Waals surface area (Å²) < 4.78 is 5.06. The fourth-order valence-corrected chi connectivity index (χ4v) is 1.72. The highest BCUT2D eigenvalue weighted by molar-refractivity contribution is 5.20. The standard InChI is InChI=1S/C14H25N3O/c1-10(2)14-12(8-15-11(3)4)9-16-13(17-14)6-7-18-5/h9-11,15H,6-8H2,1-5H3. The average molecular weight is 251 g/mol. The Morgan fingerprint density at radius 3 is 2.56 bits per heavy atom. The summed E-state index contributed by atoms with van der Waals surface area (Å²) in [5.74, 6) is 1.28. The molecule has 18 heavy (non-hydrogen) atoms. The van der Waals surface area contributed by atoms with Crippen molar-refractivity contribution in [1.82, 2.24) is 15.3 Å². The van der Waals surface area contributed by atoms with E-state index >= 15 is 0 Å². The zero-order valence-electron chi connectivity index (χ0n) is 12.2. The number of aromatic nitrogens is 2. The second-order valence-electron chi connectivity index (χ2n) is 5.13. The lowest BCUT2D eigenvalue weighted by molar-refractivity contribution is 0.200. The largest absolute Gasteiger partial charge is 0.384 e. The van der Waals surface area contributed by atoms with Crippen LogP contribution in [0.25, 0.3) is 0 Å². The molecule has 0 aliphatic rings. The van der Waals surface area contributed by atoms with Gasteiger partial charge in [-0.1, -0.05) is 27.7 Å². The van der Waals surface area contributed by atoms with Crippen LogP contribution in [-0.2, 0) is 17.7 Å². The zero-order valence-corrected chi connectivity index (χ0v) is 12.2. The van der Waals surface area contributed by atoms with E-state index in [9.17, 15) is 0 Å². The number of nitrogens with zero attached hydrogens (tertiary/aromatic N) is 2. The molecule has 0 atom stereocenters. The SMILES string of the molecule is COCCc1ncc(CNC(C)C)c(C(C)C)n1. The molecular weight excluding hydrogens is 226 g/mol. The van der Waals surface area contributed by atoms with Gasteiger partial charge in [-0.2, -0.15) is 0 Å². The molecule has 4 heteroatoms. The molecule has 0 amide bonds. The van der Waals surface area contributed by atoms with Crippen LogP contribution in [0.1, 0.15) is 50.7 Å². The van der Waals surface area contributed by atoms with E-state index in [0.29, 0.717) is 18.6 Å². The number of rotatable bonds is 7. The third-order valence-electron chi connectivity index (χ3n) is 2.73. The van der Waals surface area contributed by atoms with Crippen LogP contribution >= 0.6 is 0 Å². The molecule has 0 saturated carbocycles. The van der Waals surface area contributed by atoms with Gasteiger partial charge in [0, 0.05) is 37.9 Å². The van der Waals surface area contributed by atoms with Crippen LogP contribution in [-0.4, -0.2) is 29.7 Å². The van der Waals surface area contributed by atoms with E-state index in [2.05, 4.69) is 43.0 Å². The van der Waals surface area contributed by atoms with Crippen LogP contribution in [0, 0.1) is 0 Å². The summed E-state index contributed by atoms with van der Waals surface area (Å²) in [5.41, 5.74) is 2.34. The molecule has 0 spiro atoms. The molecule has 0 bridgehead atoms. The van der Waals surface area contributed by atoms with Gasteiger partial charge in [-0.05, 0) is 5.92 Å². The molecular formula is C14H25N3O. The Kier molecular flexibility index (Phi) is 6.22. The van der Waals surface area contributed by atoms with Crippen molar-refractivity contribution in [3.63, 3.8) is 0 Å². The van der Waals surface area contributed by atoms with E-state index in [4.69, 9.17) is 4.74 Å². The van der Waals surface area contributed by atoms with Crippen LogP contribution < -0.4 is 5.32 Å². The van der Waals surface area contributed by atoms with Crippen molar-refractivity contribution in [2.24, 2.45) is 0 Å². The van der Waals surface area contributed by atoms with Gasteiger partial charge in [0.05, 0.1) is 12.3 Å². The Bertz CT molecular complexity index is 364. The Morgan fingerprint density at radius 2 is 2.00 bits per heavy atom. The normalized spacial score (nSPS) is 11.5. The number of nitrogens with one attached hydrogen (secondary N) is 1. The summed E-state index contributed by atoms with van der Waals surface area (Å²) in [6.45, 7) is 10.1. The summed E-state index contributed by atoms with van der Waals surface area (Å²) in [7, 11) is 1.70. The number of hydrogen-bond acceptors (Lipinski definition) is 4. The van der Waals surface area contributed by atoms with Crippen molar-refractivity contribution >= 4 is 0 Å². The van der Waals surface area contributed by atoms with Gasteiger partial charge in [0.15, 0.2) is 0 Å². The minimum absolute atomic E-state index is 0.415. The third-order valence-corrected chi connectivity index (χ3v) is 2.73. The van der Waals surface area contributed by atoms with Crippen LogP contribution in [0.15, 0.2) is 6.20 Å². The first kappa shape index (κ1) is 15.1. The molecule has 0 fully saturated rings. The zero-order chi connectivity index (χ0) is 13.5. The van der Waals surface area contributed by atoms with E-state index in [-0.39, 0.29) is 0 Å². The van der Waals surface area contributed by atoms with E-state index < -0.39 is 0 Å². The topological polar surface area (TPSA) is 47.0 Å². The first-order valence-electron chi connectivity index (χ1n) is 6.61. The lowest BCUT2D eigenvalue weighted by Gasteiger charge is -2.15. The monoisotopic (exact) mass is 251 g/mol. The minimum atomic E-state index is 0.415. The van der Waals surface area contributed by atoms with Gasteiger partial charge in [-0.3, -0.25) is 0 Å². The lowest BCUT2D eigenvalue weighted by atomic mass is 10.0. The van der Waals surface area contributed by atoms with Gasteiger partial charge in [-0.15, -0.1) is 0 Å². The maximum absolute atomic E-state index is 5.06. The van der Waals surface area contributed by atoms with Gasteiger partial charge >= 0.3 is 0 Å². The highest BCUT2D eigenvalue weighted by Crippen LogP contribution is 2.16. The van der Waals surface area contributed by atoms with Gasteiger partial charge < -0.3 is 10.1 Å². The van der Waals surface area contributed by atoms with Gasteiger partial charge in [0.1, 0.15) is 5.82 Å². The highest BCUT2D eigenvalue weighted by atomic mass is 16.5. The molecule has 0 aliphatic carbocycles. The molecule has 0 radical (unpaired) electrons. The third kappa shape index (κ3) is 4.70. The van der Waals surface area contributed by atoms with Crippen LogP contribution in [0.2, 0.25) is 0 Å². The van der Waals surface area contributed by atoms with Crippen molar-refractivity contribution in [2.45, 2.75) is 52.6 Å². The maximum Gasteiger partial charge on any atom is 0.130 e. The first-order chi connectivity index (χ1) is 8.54. The summed E-state index contributed by atoms with van der Waals surface area (Å²) in [5, 5.41) is 3.41. The van der Waals surface area contributed by atoms with E-state index in [1.54, 1.807) is 7.11 Å². The molecule has 1 aromatic rings.